The number of carboxylic acid groups (broad SMARTS) is 2. The maximum Gasteiger partial charge on any atom is 0.306 e. The van der Waals surface area contributed by atoms with Gasteiger partial charge in [-0.15, -0.1) is 0 Å². The number of hydrogen-bond donors (Lipinski definition) is 7. The molecule has 4 heterocycles. The van der Waals surface area contributed by atoms with Gasteiger partial charge in [-0.1, -0.05) is 26.5 Å². The lowest BCUT2D eigenvalue weighted by molar-refractivity contribution is -0.139. The number of carbonyl (C=O) groups excluding carboxylic acids is 2. The van der Waals surface area contributed by atoms with Crippen LogP contribution >= 0.6 is 0 Å². The van der Waals surface area contributed by atoms with E-state index < -0.39 is 24.5 Å². The SMILES string of the molecule is C=CC1=C(C)[C@@H](Cc2[nH]c(Cc3[nH]c(/C=C4/NC(=O)[C@H](C)[C@H]4CC)c(C)c3CCC(=O)O)c([C@@H](O)CC(=O)O)c2C)NC1=O. The third-order valence-corrected chi connectivity index (χ3v) is 9.17. The molecule has 7 N–H and O–H groups in total. The number of allylic oxidation sites excluding steroid dienone is 1. The fourth-order valence-corrected chi connectivity index (χ4v) is 6.60. The summed E-state index contributed by atoms with van der Waals surface area (Å²) in [4.78, 5) is 54.8. The van der Waals surface area contributed by atoms with Crippen LogP contribution in [0.5, 0.6) is 0 Å². The summed E-state index contributed by atoms with van der Waals surface area (Å²) < 4.78 is 0. The first-order chi connectivity index (χ1) is 20.8. The van der Waals surface area contributed by atoms with Gasteiger partial charge in [-0.05, 0) is 62.0 Å². The Balaban J connectivity index is 1.78. The Kier molecular flexibility index (Phi) is 9.68. The van der Waals surface area contributed by atoms with Crippen LogP contribution in [0.3, 0.4) is 0 Å². The molecule has 236 valence electrons. The first-order valence-corrected chi connectivity index (χ1v) is 15.0. The highest BCUT2D eigenvalue weighted by Gasteiger charge is 2.34. The lowest BCUT2D eigenvalue weighted by Crippen LogP contribution is -2.30. The lowest BCUT2D eigenvalue weighted by Gasteiger charge is -2.13. The van der Waals surface area contributed by atoms with Gasteiger partial charge in [0.25, 0.3) is 5.91 Å². The van der Waals surface area contributed by atoms with Crippen molar-refractivity contribution in [3.63, 3.8) is 0 Å². The van der Waals surface area contributed by atoms with Gasteiger partial charge < -0.3 is 35.9 Å². The van der Waals surface area contributed by atoms with Gasteiger partial charge in [-0.2, -0.15) is 0 Å². The highest BCUT2D eigenvalue weighted by Crippen LogP contribution is 2.35. The Morgan fingerprint density at radius 3 is 2.32 bits per heavy atom. The summed E-state index contributed by atoms with van der Waals surface area (Å²) in [5.41, 5.74) is 7.87. The summed E-state index contributed by atoms with van der Waals surface area (Å²) in [7, 11) is 0. The first kappa shape index (κ1) is 32.5. The average Bonchev–Trinajstić information content (AvgIpc) is 3.59. The number of rotatable bonds is 13. The van der Waals surface area contributed by atoms with Crippen LogP contribution in [-0.2, 0) is 38.4 Å². The molecule has 2 aromatic rings. The molecule has 0 aliphatic carbocycles. The molecular weight excluding hydrogens is 564 g/mol. The third-order valence-electron chi connectivity index (χ3n) is 9.17. The van der Waals surface area contributed by atoms with Crippen molar-refractivity contribution in [2.24, 2.45) is 11.8 Å². The van der Waals surface area contributed by atoms with Gasteiger partial charge in [0.15, 0.2) is 0 Å². The van der Waals surface area contributed by atoms with Crippen molar-refractivity contribution >= 4 is 29.8 Å². The molecule has 0 spiro atoms. The van der Waals surface area contributed by atoms with Crippen LogP contribution in [0.15, 0.2) is 29.5 Å². The zero-order chi connectivity index (χ0) is 32.5. The van der Waals surface area contributed by atoms with E-state index in [1.807, 2.05) is 40.7 Å². The second kappa shape index (κ2) is 13.1. The van der Waals surface area contributed by atoms with Crippen LogP contribution in [0.2, 0.25) is 0 Å². The van der Waals surface area contributed by atoms with E-state index in [0.29, 0.717) is 28.8 Å². The standard InChI is InChI=1S/C33H42N4O7/c1-7-19-17(5)32(43)37-25(19)12-22-16(4)21(9-10-29(39)40)26(34-22)13-27-31(28(38)14-30(41)42)18(6)24(35-27)11-23-15(3)20(8-2)33(44)36-23/h8,12,17,19,23,28,34-35,38H,2,7,9-11,13-14H2,1,3-6H3,(H,36,44)(H,37,43)(H,39,40)(H,41,42)/b25-12+/t17-,19-,23-,28+/m1/s1. The Hall–Kier alpha value is -4.38. The van der Waals surface area contributed by atoms with Crippen molar-refractivity contribution in [2.45, 2.75) is 85.3 Å². The van der Waals surface area contributed by atoms with Crippen molar-refractivity contribution in [2.75, 3.05) is 0 Å². The number of carbonyl (C=O) groups is 4. The van der Waals surface area contributed by atoms with Gasteiger partial charge in [0, 0.05) is 70.7 Å². The van der Waals surface area contributed by atoms with Crippen molar-refractivity contribution in [3.05, 3.63) is 74.5 Å². The Bertz CT molecular complexity index is 1570. The smallest absolute Gasteiger partial charge is 0.306 e. The molecule has 2 amide bonds. The number of hydrogen-bond acceptors (Lipinski definition) is 5. The number of nitrogens with one attached hydrogen (secondary N) is 4. The van der Waals surface area contributed by atoms with E-state index in [0.717, 1.165) is 45.9 Å². The van der Waals surface area contributed by atoms with Gasteiger partial charge in [-0.3, -0.25) is 19.2 Å². The molecule has 0 aromatic carbocycles. The van der Waals surface area contributed by atoms with Gasteiger partial charge in [0.2, 0.25) is 5.91 Å². The van der Waals surface area contributed by atoms with E-state index in [1.54, 1.807) is 0 Å². The van der Waals surface area contributed by atoms with Gasteiger partial charge in [0.1, 0.15) is 0 Å². The minimum Gasteiger partial charge on any atom is -0.481 e. The molecule has 1 saturated heterocycles. The molecule has 0 radical (unpaired) electrons. The predicted molar refractivity (Wildman–Crippen MR) is 165 cm³/mol. The summed E-state index contributed by atoms with van der Waals surface area (Å²) >= 11 is 0. The van der Waals surface area contributed by atoms with E-state index >= 15 is 0 Å². The number of amides is 2. The zero-order valence-corrected chi connectivity index (χ0v) is 25.9. The minimum atomic E-state index is -1.29. The zero-order valence-electron chi connectivity index (χ0n) is 25.9. The summed E-state index contributed by atoms with van der Waals surface area (Å²) in [6.07, 6.45) is 3.27. The fourth-order valence-electron chi connectivity index (χ4n) is 6.60. The first-order valence-electron chi connectivity index (χ1n) is 15.0. The fraction of sp³-hybridized carbons (Fsp3) is 0.455. The van der Waals surface area contributed by atoms with E-state index in [4.69, 9.17) is 0 Å². The summed E-state index contributed by atoms with van der Waals surface area (Å²) in [5.74, 6) is -2.44. The Labute approximate surface area is 256 Å². The molecule has 2 aliphatic rings. The maximum absolute atomic E-state index is 12.4. The molecule has 0 saturated carbocycles. The number of H-pyrrole nitrogens is 2. The molecule has 0 unspecified atom stereocenters. The van der Waals surface area contributed by atoms with E-state index in [1.165, 1.54) is 6.08 Å². The normalized spacial score (nSPS) is 21.6. The predicted octanol–water partition coefficient (Wildman–Crippen LogP) is 3.75. The highest BCUT2D eigenvalue weighted by atomic mass is 16.4. The molecule has 2 aliphatic heterocycles. The molecule has 4 rings (SSSR count). The lowest BCUT2D eigenvalue weighted by atomic mass is 9.92. The number of carboxylic acids is 2. The Morgan fingerprint density at radius 1 is 1.02 bits per heavy atom. The van der Waals surface area contributed by atoms with Gasteiger partial charge in [-0.25, -0.2) is 0 Å². The van der Waals surface area contributed by atoms with Crippen molar-refractivity contribution < 1.29 is 34.5 Å². The van der Waals surface area contributed by atoms with Crippen molar-refractivity contribution in [1.82, 2.24) is 20.6 Å². The van der Waals surface area contributed by atoms with Crippen LogP contribution in [0.25, 0.3) is 6.08 Å². The quantitative estimate of drug-likeness (QED) is 0.181. The van der Waals surface area contributed by atoms with E-state index in [2.05, 4.69) is 27.2 Å². The van der Waals surface area contributed by atoms with Gasteiger partial charge in [0.05, 0.1) is 18.6 Å². The van der Waals surface area contributed by atoms with Gasteiger partial charge >= 0.3 is 11.9 Å². The number of aromatic nitrogens is 2. The molecule has 0 bridgehead atoms. The summed E-state index contributed by atoms with van der Waals surface area (Å²) in [5, 5.41) is 35.9. The molecule has 44 heavy (non-hydrogen) atoms. The average molecular weight is 607 g/mol. The Morgan fingerprint density at radius 2 is 1.73 bits per heavy atom. The topological polar surface area (TPSA) is 185 Å². The number of aromatic amines is 2. The second-order valence-corrected chi connectivity index (χ2v) is 11.8. The van der Waals surface area contributed by atoms with Crippen molar-refractivity contribution in [3.8, 4) is 0 Å². The molecule has 4 atom stereocenters. The van der Waals surface area contributed by atoms with Crippen molar-refractivity contribution in [1.29, 1.82) is 0 Å². The highest BCUT2D eigenvalue weighted by molar-refractivity contribution is 6.00. The molecule has 2 aromatic heterocycles. The van der Waals surface area contributed by atoms with Crippen LogP contribution < -0.4 is 10.6 Å². The second-order valence-electron chi connectivity index (χ2n) is 11.8. The molecule has 11 nitrogen and oxygen atoms in total. The number of aliphatic carboxylic acids is 2. The van der Waals surface area contributed by atoms with E-state index in [9.17, 15) is 34.5 Å². The van der Waals surface area contributed by atoms with E-state index in [-0.39, 0.29) is 49.0 Å². The van der Waals surface area contributed by atoms with Crippen LogP contribution in [-0.4, -0.2) is 55.1 Å². The molecule has 1 fully saturated rings. The molecular formula is C33H42N4O7. The monoisotopic (exact) mass is 606 g/mol. The van der Waals surface area contributed by atoms with Crippen LogP contribution in [0, 0.1) is 25.7 Å². The number of aliphatic hydroxyl groups excluding tert-OH is 1. The summed E-state index contributed by atoms with van der Waals surface area (Å²) in [6.45, 7) is 13.2. The van der Waals surface area contributed by atoms with Crippen LogP contribution in [0.4, 0.5) is 0 Å². The molecule has 11 heteroatoms. The van der Waals surface area contributed by atoms with Crippen LogP contribution in [0.1, 0.15) is 91.2 Å². The maximum atomic E-state index is 12.4. The minimum absolute atomic E-state index is 0.0335. The third kappa shape index (κ3) is 6.42. The summed E-state index contributed by atoms with van der Waals surface area (Å²) in [6, 6.07) is -0.294. The largest absolute Gasteiger partial charge is 0.481 e. The number of aliphatic hydroxyl groups is 1.